The fourth-order valence-electron chi connectivity index (χ4n) is 3.24. The number of nitrogens with one attached hydrogen (secondary N) is 2. The summed E-state index contributed by atoms with van der Waals surface area (Å²) in [4.78, 5) is 50.3. The molecule has 2 N–H and O–H groups in total. The first-order valence-electron chi connectivity index (χ1n) is 9.86. The van der Waals surface area contributed by atoms with Gasteiger partial charge >= 0.3 is 5.97 Å². The van der Waals surface area contributed by atoms with E-state index in [0.717, 1.165) is 0 Å². The molecule has 0 aliphatic carbocycles. The maximum atomic E-state index is 12.5. The van der Waals surface area contributed by atoms with Gasteiger partial charge in [0.15, 0.2) is 6.61 Å². The molecule has 0 radical (unpaired) electrons. The molecule has 1 fully saturated rings. The second-order valence-corrected chi connectivity index (χ2v) is 7.44. The lowest BCUT2D eigenvalue weighted by Gasteiger charge is -2.20. The van der Waals surface area contributed by atoms with Gasteiger partial charge in [0.05, 0.1) is 36.4 Å². The predicted molar refractivity (Wildman–Crippen MR) is 118 cm³/mol. The second-order valence-electron chi connectivity index (χ2n) is 7.03. The number of anilines is 1. The number of esters is 1. The third kappa shape index (κ3) is 5.72. The maximum Gasteiger partial charge on any atom is 0.311 e. The molecule has 33 heavy (non-hydrogen) atoms. The molecule has 3 rings (SSSR count). The molecule has 1 atom stereocenters. The molecule has 1 saturated heterocycles. The molecule has 174 valence electrons. The number of methoxy groups -OCH3 is 2. The van der Waals surface area contributed by atoms with Gasteiger partial charge in [-0.3, -0.25) is 30.0 Å². The van der Waals surface area contributed by atoms with Crippen LogP contribution in [0.3, 0.4) is 0 Å². The van der Waals surface area contributed by atoms with Crippen LogP contribution in [0.5, 0.6) is 11.5 Å². The van der Waals surface area contributed by atoms with Crippen molar-refractivity contribution in [3.8, 4) is 11.5 Å². The fraction of sp³-hybridized carbons (Fsp3) is 0.273. The van der Waals surface area contributed by atoms with Crippen molar-refractivity contribution < 1.29 is 33.4 Å². The van der Waals surface area contributed by atoms with Gasteiger partial charge in [0.2, 0.25) is 5.91 Å². The van der Waals surface area contributed by atoms with Crippen molar-refractivity contribution in [2.75, 3.05) is 32.3 Å². The van der Waals surface area contributed by atoms with E-state index < -0.39 is 30.3 Å². The molecule has 0 spiro atoms. The van der Waals surface area contributed by atoms with Crippen molar-refractivity contribution in [3.63, 3.8) is 0 Å². The van der Waals surface area contributed by atoms with Crippen LogP contribution in [-0.4, -0.2) is 51.1 Å². The Morgan fingerprint density at radius 3 is 2.55 bits per heavy atom. The number of hydrogen-bond donors (Lipinski definition) is 2. The highest BCUT2D eigenvalue weighted by atomic mass is 35.5. The molecule has 10 nitrogen and oxygen atoms in total. The third-order valence-corrected chi connectivity index (χ3v) is 5.24. The van der Waals surface area contributed by atoms with E-state index in [9.17, 15) is 19.2 Å². The van der Waals surface area contributed by atoms with Crippen LogP contribution in [0.2, 0.25) is 5.02 Å². The van der Waals surface area contributed by atoms with Crippen LogP contribution in [0.15, 0.2) is 42.5 Å². The Kier molecular flexibility index (Phi) is 7.73. The average molecular weight is 476 g/mol. The van der Waals surface area contributed by atoms with Crippen LogP contribution in [0.25, 0.3) is 0 Å². The molecule has 0 unspecified atom stereocenters. The smallest absolute Gasteiger partial charge is 0.311 e. The van der Waals surface area contributed by atoms with Gasteiger partial charge in [-0.05, 0) is 24.3 Å². The summed E-state index contributed by atoms with van der Waals surface area (Å²) in [6, 6.07) is 11.3. The highest BCUT2D eigenvalue weighted by Crippen LogP contribution is 2.36. The van der Waals surface area contributed by atoms with E-state index in [1.165, 1.54) is 31.3 Å². The topological polar surface area (TPSA) is 123 Å². The standard InChI is InChI=1S/C22H22ClN3O7/c1-31-14-7-8-18(32-2)17(10-14)26-11-13(9-20(26)28)22(30)33-12-19(27)24-25-21(29)15-5-3-4-6-16(15)23/h3-8,10,13H,9,11-12H2,1-2H3,(H,24,27)(H,25,29)/t13-/m0/s1. The van der Waals surface area contributed by atoms with Crippen molar-refractivity contribution in [2.45, 2.75) is 6.42 Å². The molecule has 2 aromatic rings. The Bertz CT molecular complexity index is 1080. The van der Waals surface area contributed by atoms with E-state index in [1.54, 1.807) is 30.3 Å². The SMILES string of the molecule is COc1ccc(OC)c(N2C[C@@H](C(=O)OCC(=O)NNC(=O)c3ccccc3Cl)CC2=O)c1. The van der Waals surface area contributed by atoms with Crippen LogP contribution < -0.4 is 25.2 Å². The van der Waals surface area contributed by atoms with Crippen molar-refractivity contribution in [1.82, 2.24) is 10.9 Å². The highest BCUT2D eigenvalue weighted by molar-refractivity contribution is 6.33. The summed E-state index contributed by atoms with van der Waals surface area (Å²) in [5.74, 6) is -2.16. The van der Waals surface area contributed by atoms with Crippen LogP contribution in [-0.2, 0) is 19.1 Å². The number of amides is 3. The number of carbonyl (C=O) groups is 4. The van der Waals surface area contributed by atoms with E-state index >= 15 is 0 Å². The first kappa shape index (κ1) is 23.9. The quantitative estimate of drug-likeness (QED) is 0.461. The lowest BCUT2D eigenvalue weighted by atomic mass is 10.1. The van der Waals surface area contributed by atoms with Crippen LogP contribution >= 0.6 is 11.6 Å². The Labute approximate surface area is 194 Å². The van der Waals surface area contributed by atoms with E-state index in [1.807, 2.05) is 0 Å². The van der Waals surface area contributed by atoms with Crippen molar-refractivity contribution >= 4 is 41.0 Å². The molecule has 0 aromatic heterocycles. The number of benzene rings is 2. The zero-order chi connectivity index (χ0) is 24.0. The zero-order valence-electron chi connectivity index (χ0n) is 17.9. The Morgan fingerprint density at radius 2 is 1.85 bits per heavy atom. The normalized spacial score (nSPS) is 15.1. The highest BCUT2D eigenvalue weighted by Gasteiger charge is 2.37. The van der Waals surface area contributed by atoms with Gasteiger partial charge in [-0.15, -0.1) is 0 Å². The first-order chi connectivity index (χ1) is 15.8. The van der Waals surface area contributed by atoms with Gasteiger partial charge < -0.3 is 19.1 Å². The Morgan fingerprint density at radius 1 is 1.09 bits per heavy atom. The average Bonchev–Trinajstić information content (AvgIpc) is 3.22. The van der Waals surface area contributed by atoms with Gasteiger partial charge in [-0.2, -0.15) is 0 Å². The van der Waals surface area contributed by atoms with Gasteiger partial charge in [-0.1, -0.05) is 23.7 Å². The van der Waals surface area contributed by atoms with Crippen molar-refractivity contribution in [2.24, 2.45) is 5.92 Å². The summed E-state index contributed by atoms with van der Waals surface area (Å²) in [6.45, 7) is -0.569. The maximum absolute atomic E-state index is 12.5. The summed E-state index contributed by atoms with van der Waals surface area (Å²) in [7, 11) is 2.97. The van der Waals surface area contributed by atoms with Crippen molar-refractivity contribution in [3.05, 3.63) is 53.1 Å². The molecule has 3 amide bonds. The van der Waals surface area contributed by atoms with E-state index in [4.69, 9.17) is 25.8 Å². The number of rotatable bonds is 7. The molecule has 1 heterocycles. The number of halogens is 1. The molecule has 1 aliphatic heterocycles. The predicted octanol–water partition coefficient (Wildman–Crippen LogP) is 1.71. The van der Waals surface area contributed by atoms with Gasteiger partial charge in [0.1, 0.15) is 11.5 Å². The first-order valence-corrected chi connectivity index (χ1v) is 10.2. The second kappa shape index (κ2) is 10.7. The summed E-state index contributed by atoms with van der Waals surface area (Å²) in [5.41, 5.74) is 4.98. The minimum atomic E-state index is -0.765. The van der Waals surface area contributed by atoms with Crippen LogP contribution in [0.1, 0.15) is 16.8 Å². The molecule has 11 heteroatoms. The summed E-state index contributed by atoms with van der Waals surface area (Å²) in [5, 5.41) is 0.221. The lowest BCUT2D eigenvalue weighted by Crippen LogP contribution is -2.44. The number of hydrogen-bond acceptors (Lipinski definition) is 7. The Hall–Kier alpha value is -3.79. The number of ether oxygens (including phenoxy) is 3. The monoisotopic (exact) mass is 475 g/mol. The van der Waals surface area contributed by atoms with Crippen molar-refractivity contribution in [1.29, 1.82) is 0 Å². The van der Waals surface area contributed by atoms with E-state index in [-0.39, 0.29) is 29.5 Å². The van der Waals surface area contributed by atoms with Crippen LogP contribution in [0, 0.1) is 5.92 Å². The molecule has 2 aromatic carbocycles. The molecular weight excluding hydrogens is 454 g/mol. The number of carbonyl (C=O) groups excluding carboxylic acids is 4. The van der Waals surface area contributed by atoms with E-state index in [0.29, 0.717) is 17.2 Å². The number of hydrazine groups is 1. The fourth-order valence-corrected chi connectivity index (χ4v) is 3.46. The van der Waals surface area contributed by atoms with Gasteiger partial charge in [-0.25, -0.2) is 0 Å². The van der Waals surface area contributed by atoms with Crippen LogP contribution in [0.4, 0.5) is 5.69 Å². The summed E-state index contributed by atoms with van der Waals surface area (Å²) >= 11 is 5.92. The molecule has 1 aliphatic rings. The van der Waals surface area contributed by atoms with E-state index in [2.05, 4.69) is 10.9 Å². The minimum absolute atomic E-state index is 0.0616. The summed E-state index contributed by atoms with van der Waals surface area (Å²) < 4.78 is 15.5. The molecule has 0 saturated carbocycles. The number of nitrogens with zero attached hydrogens (tertiary/aromatic N) is 1. The minimum Gasteiger partial charge on any atom is -0.497 e. The Balaban J connectivity index is 1.52. The summed E-state index contributed by atoms with van der Waals surface area (Å²) in [6.07, 6.45) is -0.0793. The zero-order valence-corrected chi connectivity index (χ0v) is 18.7. The molecular formula is C22H22ClN3O7. The third-order valence-electron chi connectivity index (χ3n) is 4.91. The van der Waals surface area contributed by atoms with Gasteiger partial charge in [0.25, 0.3) is 11.8 Å². The molecule has 0 bridgehead atoms. The van der Waals surface area contributed by atoms with Gasteiger partial charge in [0, 0.05) is 19.0 Å². The largest absolute Gasteiger partial charge is 0.497 e. The lowest BCUT2D eigenvalue weighted by molar-refractivity contribution is -0.152.